The molecule has 4 rings (SSSR count). The van der Waals surface area contributed by atoms with Gasteiger partial charge >= 0.3 is 0 Å². The minimum atomic E-state index is 0.800. The quantitative estimate of drug-likeness (QED) is 0.788. The van der Waals surface area contributed by atoms with E-state index in [1.54, 1.807) is 6.33 Å². The molecular formula is C19H23N5. The molecule has 0 amide bonds. The molecule has 1 aliphatic rings. The highest BCUT2D eigenvalue weighted by molar-refractivity contribution is 6.02. The second-order valence-electron chi connectivity index (χ2n) is 6.63. The average Bonchev–Trinajstić information content (AvgIpc) is 3.07. The molecule has 3 aromatic rings. The molecule has 5 heteroatoms. The van der Waals surface area contributed by atoms with Crippen LogP contribution in [0.2, 0.25) is 0 Å². The van der Waals surface area contributed by atoms with Gasteiger partial charge in [-0.3, -0.25) is 0 Å². The summed E-state index contributed by atoms with van der Waals surface area (Å²) in [6, 6.07) is 2.15. The Morgan fingerprint density at radius 3 is 3.00 bits per heavy atom. The predicted octanol–water partition coefficient (Wildman–Crippen LogP) is 4.04. The predicted molar refractivity (Wildman–Crippen MR) is 97.0 cm³/mol. The second kappa shape index (κ2) is 6.59. The van der Waals surface area contributed by atoms with E-state index in [0.29, 0.717) is 0 Å². The number of pyridine rings is 1. The van der Waals surface area contributed by atoms with Crippen molar-refractivity contribution in [1.29, 1.82) is 0 Å². The lowest BCUT2D eigenvalue weighted by Gasteiger charge is -2.35. The third kappa shape index (κ3) is 2.75. The number of hydrogen-bond acceptors (Lipinski definition) is 4. The minimum absolute atomic E-state index is 0.800. The number of anilines is 1. The molecule has 1 N–H and O–H groups in total. The fourth-order valence-corrected chi connectivity index (χ4v) is 3.90. The smallest absolute Gasteiger partial charge is 0.139 e. The normalized spacial score (nSPS) is 18.2. The number of piperidine rings is 1. The SMILES string of the molecule is CCC[C@H]1CCCN(c2ccnc3[nH]cc(-c4cncnc4)c23)C1. The Bertz CT molecular complexity index is 809. The Morgan fingerprint density at radius 2 is 2.17 bits per heavy atom. The molecular weight excluding hydrogens is 298 g/mol. The summed E-state index contributed by atoms with van der Waals surface area (Å²) in [5.41, 5.74) is 4.37. The van der Waals surface area contributed by atoms with Gasteiger partial charge in [0.05, 0.1) is 0 Å². The molecule has 124 valence electrons. The Kier molecular flexibility index (Phi) is 4.15. The molecule has 1 atom stereocenters. The third-order valence-electron chi connectivity index (χ3n) is 4.98. The largest absolute Gasteiger partial charge is 0.371 e. The lowest BCUT2D eigenvalue weighted by molar-refractivity contribution is 0.388. The maximum absolute atomic E-state index is 4.52. The molecule has 0 spiro atoms. The zero-order valence-electron chi connectivity index (χ0n) is 14.1. The van der Waals surface area contributed by atoms with Gasteiger partial charge in [0.2, 0.25) is 0 Å². The summed E-state index contributed by atoms with van der Waals surface area (Å²) >= 11 is 0. The monoisotopic (exact) mass is 321 g/mol. The van der Waals surface area contributed by atoms with Crippen molar-refractivity contribution in [3.05, 3.63) is 37.2 Å². The lowest BCUT2D eigenvalue weighted by Crippen LogP contribution is -2.35. The number of aromatic nitrogens is 4. The first-order valence-corrected chi connectivity index (χ1v) is 8.83. The zero-order valence-corrected chi connectivity index (χ0v) is 14.1. The number of nitrogens with one attached hydrogen (secondary N) is 1. The molecule has 4 heterocycles. The van der Waals surface area contributed by atoms with Crippen LogP contribution >= 0.6 is 0 Å². The number of nitrogens with zero attached hydrogens (tertiary/aromatic N) is 4. The van der Waals surface area contributed by atoms with Crippen molar-refractivity contribution in [2.45, 2.75) is 32.6 Å². The molecule has 24 heavy (non-hydrogen) atoms. The molecule has 0 saturated carbocycles. The number of H-pyrrole nitrogens is 1. The van der Waals surface area contributed by atoms with E-state index in [1.807, 2.05) is 24.8 Å². The molecule has 0 radical (unpaired) electrons. The third-order valence-corrected chi connectivity index (χ3v) is 4.98. The molecule has 0 bridgehead atoms. The maximum Gasteiger partial charge on any atom is 0.139 e. The maximum atomic E-state index is 4.52. The first kappa shape index (κ1) is 15.1. The topological polar surface area (TPSA) is 57.7 Å². The molecule has 1 aliphatic heterocycles. The van der Waals surface area contributed by atoms with Crippen LogP contribution in [0.15, 0.2) is 37.2 Å². The summed E-state index contributed by atoms with van der Waals surface area (Å²) < 4.78 is 0. The Morgan fingerprint density at radius 1 is 1.29 bits per heavy atom. The summed E-state index contributed by atoms with van der Waals surface area (Å²) in [6.07, 6.45) is 14.4. The number of rotatable bonds is 4. The zero-order chi connectivity index (χ0) is 16.4. The fourth-order valence-electron chi connectivity index (χ4n) is 3.90. The van der Waals surface area contributed by atoms with Crippen LogP contribution < -0.4 is 4.90 Å². The summed E-state index contributed by atoms with van der Waals surface area (Å²) in [6.45, 7) is 4.54. The van der Waals surface area contributed by atoms with Gasteiger partial charge in [-0.25, -0.2) is 15.0 Å². The molecule has 0 aromatic carbocycles. The van der Waals surface area contributed by atoms with E-state index in [2.05, 4.69) is 37.8 Å². The van der Waals surface area contributed by atoms with Gasteiger partial charge in [0.15, 0.2) is 0 Å². The second-order valence-corrected chi connectivity index (χ2v) is 6.63. The van der Waals surface area contributed by atoms with Gasteiger partial charge in [0.25, 0.3) is 0 Å². The van der Waals surface area contributed by atoms with E-state index in [0.717, 1.165) is 35.8 Å². The van der Waals surface area contributed by atoms with Crippen LogP contribution in [0.1, 0.15) is 32.6 Å². The van der Waals surface area contributed by atoms with Crippen molar-refractivity contribution in [1.82, 2.24) is 19.9 Å². The first-order valence-electron chi connectivity index (χ1n) is 8.83. The summed E-state index contributed by atoms with van der Waals surface area (Å²) in [7, 11) is 0. The van der Waals surface area contributed by atoms with E-state index < -0.39 is 0 Å². The average molecular weight is 321 g/mol. The standard InChI is InChI=1S/C19H23N5/c1-2-4-14-5-3-8-24(12-14)17-6-7-22-19-18(17)16(11-23-19)15-9-20-13-21-10-15/h6-7,9-11,13-14H,2-5,8,12H2,1H3,(H,22,23)/t14-/m0/s1. The number of aromatic amines is 1. The van der Waals surface area contributed by atoms with Crippen molar-refractivity contribution in [2.75, 3.05) is 18.0 Å². The van der Waals surface area contributed by atoms with Crippen LogP contribution in [-0.4, -0.2) is 33.0 Å². The van der Waals surface area contributed by atoms with Crippen LogP contribution in [0.25, 0.3) is 22.2 Å². The van der Waals surface area contributed by atoms with Gasteiger partial charge in [-0.15, -0.1) is 0 Å². The molecule has 5 nitrogen and oxygen atoms in total. The molecule has 0 unspecified atom stereocenters. The summed E-state index contributed by atoms with van der Waals surface area (Å²) in [5.74, 6) is 0.800. The first-order chi connectivity index (χ1) is 11.9. The molecule has 1 saturated heterocycles. The van der Waals surface area contributed by atoms with Crippen molar-refractivity contribution >= 4 is 16.7 Å². The van der Waals surface area contributed by atoms with Crippen molar-refractivity contribution < 1.29 is 0 Å². The minimum Gasteiger partial charge on any atom is -0.371 e. The highest BCUT2D eigenvalue weighted by Gasteiger charge is 2.22. The fraction of sp³-hybridized carbons (Fsp3) is 0.421. The number of fused-ring (bicyclic) bond motifs is 1. The van der Waals surface area contributed by atoms with Gasteiger partial charge in [-0.05, 0) is 31.2 Å². The summed E-state index contributed by atoms with van der Waals surface area (Å²) in [4.78, 5) is 18.7. The van der Waals surface area contributed by atoms with E-state index in [-0.39, 0.29) is 0 Å². The van der Waals surface area contributed by atoms with Crippen LogP contribution in [0.4, 0.5) is 5.69 Å². The van der Waals surface area contributed by atoms with Gasteiger partial charge < -0.3 is 9.88 Å². The van der Waals surface area contributed by atoms with Gasteiger partial charge in [0.1, 0.15) is 12.0 Å². The van der Waals surface area contributed by atoms with Crippen molar-refractivity contribution in [2.24, 2.45) is 5.92 Å². The molecule has 3 aromatic heterocycles. The van der Waals surface area contributed by atoms with Crippen LogP contribution in [0.3, 0.4) is 0 Å². The van der Waals surface area contributed by atoms with Crippen LogP contribution in [0.5, 0.6) is 0 Å². The van der Waals surface area contributed by atoms with E-state index >= 15 is 0 Å². The van der Waals surface area contributed by atoms with E-state index in [1.165, 1.54) is 36.8 Å². The van der Waals surface area contributed by atoms with Gasteiger partial charge in [0, 0.05) is 60.1 Å². The highest BCUT2D eigenvalue weighted by atomic mass is 15.1. The van der Waals surface area contributed by atoms with Gasteiger partial charge in [-0.2, -0.15) is 0 Å². The molecule has 0 aliphatic carbocycles. The Hall–Kier alpha value is -2.43. The Balaban J connectivity index is 1.77. The van der Waals surface area contributed by atoms with Crippen molar-refractivity contribution in [3.63, 3.8) is 0 Å². The molecule has 1 fully saturated rings. The van der Waals surface area contributed by atoms with Gasteiger partial charge in [-0.1, -0.05) is 13.3 Å². The van der Waals surface area contributed by atoms with E-state index in [4.69, 9.17) is 0 Å². The Labute approximate surface area is 142 Å². The summed E-state index contributed by atoms with van der Waals surface area (Å²) in [5, 5.41) is 1.18. The van der Waals surface area contributed by atoms with Crippen molar-refractivity contribution in [3.8, 4) is 11.1 Å². The van der Waals surface area contributed by atoms with Crippen LogP contribution in [-0.2, 0) is 0 Å². The number of hydrogen-bond donors (Lipinski definition) is 1. The van der Waals surface area contributed by atoms with E-state index in [9.17, 15) is 0 Å². The van der Waals surface area contributed by atoms with Crippen LogP contribution in [0, 0.1) is 5.92 Å². The lowest BCUT2D eigenvalue weighted by atomic mass is 9.93. The highest BCUT2D eigenvalue weighted by Crippen LogP contribution is 2.36.